The van der Waals surface area contributed by atoms with Gasteiger partial charge in [0.05, 0.1) is 25.1 Å². The standard InChI is InChI=1S/C24H26N5O7/c1-13-25-17-8-21(36-3)20(35-2)7-16(17)23(31)27(13)12-22(30)26-9-14-6-15(11-26)18-4-5-19(29(33)34)24(32)28(18)10-14/h4-5,7-8,14-15,33H,6,9-12H2,1-3H3/q-1. The average molecular weight is 497 g/mol. The van der Waals surface area contributed by atoms with Crippen LogP contribution in [-0.2, 0) is 17.9 Å². The van der Waals surface area contributed by atoms with Crippen molar-refractivity contribution < 1.29 is 19.5 Å². The van der Waals surface area contributed by atoms with Crippen molar-refractivity contribution in [1.29, 1.82) is 0 Å². The highest BCUT2D eigenvalue weighted by Gasteiger charge is 2.37. The van der Waals surface area contributed by atoms with Crippen LogP contribution in [0.2, 0.25) is 0 Å². The number of methoxy groups -OCH3 is 2. The Bertz CT molecular complexity index is 1480. The normalized spacial score (nSPS) is 18.6. The van der Waals surface area contributed by atoms with Gasteiger partial charge in [-0.15, -0.1) is 0 Å². The third kappa shape index (κ3) is 3.88. The zero-order valence-electron chi connectivity index (χ0n) is 20.1. The van der Waals surface area contributed by atoms with Crippen LogP contribution in [0.5, 0.6) is 11.5 Å². The summed E-state index contributed by atoms with van der Waals surface area (Å²) in [4.78, 5) is 45.5. The Morgan fingerprint density at radius 3 is 2.56 bits per heavy atom. The van der Waals surface area contributed by atoms with E-state index in [4.69, 9.17) is 9.47 Å². The molecule has 1 N–H and O–H groups in total. The van der Waals surface area contributed by atoms with Crippen molar-refractivity contribution in [3.8, 4) is 11.5 Å². The molecule has 2 unspecified atom stereocenters. The van der Waals surface area contributed by atoms with Crippen molar-refractivity contribution in [2.75, 3.05) is 32.5 Å². The lowest BCUT2D eigenvalue weighted by molar-refractivity contribution is -0.134. The minimum atomic E-state index is -0.545. The number of likely N-dealkylation sites (tertiary alicyclic amines) is 1. The van der Waals surface area contributed by atoms with Crippen molar-refractivity contribution in [3.05, 3.63) is 61.7 Å². The zero-order valence-corrected chi connectivity index (χ0v) is 20.1. The molecule has 2 bridgehead atoms. The lowest BCUT2D eigenvalue weighted by atomic mass is 9.83. The molecule has 2 aliphatic rings. The molecule has 36 heavy (non-hydrogen) atoms. The number of pyridine rings is 1. The molecule has 0 aliphatic carbocycles. The smallest absolute Gasteiger partial charge is 0.275 e. The van der Waals surface area contributed by atoms with Crippen LogP contribution in [0.3, 0.4) is 0 Å². The highest BCUT2D eigenvalue weighted by Crippen LogP contribution is 2.36. The van der Waals surface area contributed by atoms with E-state index in [1.54, 1.807) is 30.0 Å². The van der Waals surface area contributed by atoms with E-state index in [1.165, 1.54) is 29.4 Å². The number of ether oxygens (including phenoxy) is 2. The highest BCUT2D eigenvalue weighted by molar-refractivity contribution is 5.83. The molecule has 1 amide bonds. The SMILES string of the molecule is COc1cc2nc(C)n(CC(=O)N3CC4CC(C3)c3ccc(N([O-])O)c(=O)n3C4)c(=O)c2cc1OC. The summed E-state index contributed by atoms with van der Waals surface area (Å²) in [7, 11) is 2.98. The van der Waals surface area contributed by atoms with Crippen LogP contribution < -0.4 is 25.8 Å². The minimum Gasteiger partial charge on any atom is -0.733 e. The average Bonchev–Trinajstić information content (AvgIpc) is 2.86. The Kier molecular flexibility index (Phi) is 5.92. The lowest BCUT2D eigenvalue weighted by Crippen LogP contribution is -2.50. The molecule has 1 saturated heterocycles. The minimum absolute atomic E-state index is 0.0104. The number of carbonyl (C=O) groups excluding carboxylic acids is 1. The van der Waals surface area contributed by atoms with Crippen LogP contribution in [0.15, 0.2) is 33.9 Å². The number of carbonyl (C=O) groups is 1. The van der Waals surface area contributed by atoms with E-state index in [9.17, 15) is 24.8 Å². The largest absolute Gasteiger partial charge is 0.733 e. The Labute approximate surface area is 205 Å². The maximum Gasteiger partial charge on any atom is 0.275 e. The van der Waals surface area contributed by atoms with Crippen LogP contribution in [0.4, 0.5) is 5.69 Å². The first-order chi connectivity index (χ1) is 17.2. The highest BCUT2D eigenvalue weighted by atomic mass is 16.8. The molecule has 0 radical (unpaired) electrons. The number of piperidine rings is 1. The number of aryl methyl sites for hydroxylation is 1. The van der Waals surface area contributed by atoms with E-state index < -0.39 is 10.8 Å². The van der Waals surface area contributed by atoms with Gasteiger partial charge in [0, 0.05) is 37.3 Å². The van der Waals surface area contributed by atoms with Crippen molar-refractivity contribution in [1.82, 2.24) is 19.0 Å². The number of fused-ring (bicyclic) bond motifs is 5. The van der Waals surface area contributed by atoms with Crippen LogP contribution in [0.25, 0.3) is 10.9 Å². The summed E-state index contributed by atoms with van der Waals surface area (Å²) in [5.41, 5.74) is -0.0523. The number of amides is 1. The maximum atomic E-state index is 13.3. The second-order valence-electron chi connectivity index (χ2n) is 9.20. The van der Waals surface area contributed by atoms with E-state index in [1.807, 2.05) is 0 Å². The number of rotatable bonds is 5. The first-order valence-corrected chi connectivity index (χ1v) is 11.5. The fourth-order valence-electron chi connectivity index (χ4n) is 5.36. The predicted molar refractivity (Wildman–Crippen MR) is 130 cm³/mol. The van der Waals surface area contributed by atoms with Gasteiger partial charge in [0.1, 0.15) is 18.1 Å². The summed E-state index contributed by atoms with van der Waals surface area (Å²) in [5.74, 6) is 0.958. The molecule has 2 atom stereocenters. The quantitative estimate of drug-likeness (QED) is 0.516. The second-order valence-corrected chi connectivity index (χ2v) is 9.20. The van der Waals surface area contributed by atoms with Gasteiger partial charge in [-0.2, -0.15) is 0 Å². The Morgan fingerprint density at radius 1 is 1.14 bits per heavy atom. The Morgan fingerprint density at radius 2 is 1.86 bits per heavy atom. The maximum absolute atomic E-state index is 13.3. The molecule has 1 fully saturated rings. The van der Waals surface area contributed by atoms with Crippen molar-refractivity contribution in [2.24, 2.45) is 5.92 Å². The van der Waals surface area contributed by atoms with E-state index >= 15 is 0 Å². The summed E-state index contributed by atoms with van der Waals surface area (Å²) in [6, 6.07) is 6.15. The van der Waals surface area contributed by atoms with Gasteiger partial charge in [-0.3, -0.25) is 24.2 Å². The third-order valence-electron chi connectivity index (χ3n) is 7.09. The number of nitrogens with zero attached hydrogens (tertiary/aromatic N) is 5. The zero-order chi connectivity index (χ0) is 25.7. The number of hydrogen-bond acceptors (Lipinski definition) is 9. The number of hydrogen-bond donors (Lipinski definition) is 1. The predicted octanol–water partition coefficient (Wildman–Crippen LogP) is 1.22. The topological polar surface area (TPSA) is 142 Å². The summed E-state index contributed by atoms with van der Waals surface area (Å²) in [6.45, 7) is 2.66. The molecule has 12 nitrogen and oxygen atoms in total. The molecule has 1 aromatic carbocycles. The Balaban J connectivity index is 1.42. The summed E-state index contributed by atoms with van der Waals surface area (Å²) in [6.07, 6.45) is 0.806. The van der Waals surface area contributed by atoms with Crippen molar-refractivity contribution in [2.45, 2.75) is 32.4 Å². The molecule has 5 rings (SSSR count). The first-order valence-electron chi connectivity index (χ1n) is 11.5. The van der Waals surface area contributed by atoms with Gasteiger partial charge in [0.2, 0.25) is 5.91 Å². The van der Waals surface area contributed by atoms with Gasteiger partial charge in [0.25, 0.3) is 11.1 Å². The summed E-state index contributed by atoms with van der Waals surface area (Å²) < 4.78 is 13.5. The molecule has 2 aromatic heterocycles. The molecule has 0 spiro atoms. The van der Waals surface area contributed by atoms with Gasteiger partial charge >= 0.3 is 0 Å². The van der Waals surface area contributed by atoms with Gasteiger partial charge in [-0.1, -0.05) is 0 Å². The lowest BCUT2D eigenvalue weighted by Gasteiger charge is -2.43. The Hall–Kier alpha value is -3.90. The fraction of sp³-hybridized carbons (Fsp3) is 0.417. The number of aromatic nitrogens is 3. The molecule has 3 aromatic rings. The van der Waals surface area contributed by atoms with Crippen LogP contribution in [0.1, 0.15) is 23.9 Å². The summed E-state index contributed by atoms with van der Waals surface area (Å²) >= 11 is 0. The number of anilines is 1. The van der Waals surface area contributed by atoms with Crippen molar-refractivity contribution in [3.63, 3.8) is 0 Å². The fourth-order valence-corrected chi connectivity index (χ4v) is 5.36. The van der Waals surface area contributed by atoms with Gasteiger partial charge in [-0.05, 0) is 37.5 Å². The molecular formula is C24H26N5O7-. The second kappa shape index (κ2) is 8.95. The van der Waals surface area contributed by atoms with Crippen LogP contribution >= 0.6 is 0 Å². The van der Waals surface area contributed by atoms with E-state index in [0.717, 1.165) is 12.1 Å². The molecule has 0 saturated carbocycles. The number of benzene rings is 1. The molecule has 4 heterocycles. The monoisotopic (exact) mass is 496 g/mol. The van der Waals surface area contributed by atoms with Crippen LogP contribution in [-0.4, -0.2) is 57.4 Å². The van der Waals surface area contributed by atoms with Crippen molar-refractivity contribution >= 4 is 22.5 Å². The van der Waals surface area contributed by atoms with E-state index in [-0.39, 0.29) is 35.5 Å². The molecular weight excluding hydrogens is 470 g/mol. The van der Waals surface area contributed by atoms with Gasteiger partial charge in [0.15, 0.2) is 11.5 Å². The molecule has 2 aliphatic heterocycles. The van der Waals surface area contributed by atoms with Crippen LogP contribution in [0, 0.1) is 18.0 Å². The van der Waals surface area contributed by atoms with E-state index in [2.05, 4.69) is 4.98 Å². The van der Waals surface area contributed by atoms with Gasteiger partial charge < -0.3 is 29.4 Å². The van der Waals surface area contributed by atoms with E-state index in [0.29, 0.717) is 47.9 Å². The molecule has 190 valence electrons. The third-order valence-corrected chi connectivity index (χ3v) is 7.09. The molecule has 12 heteroatoms. The van der Waals surface area contributed by atoms with Gasteiger partial charge in [-0.25, -0.2) is 4.98 Å². The summed E-state index contributed by atoms with van der Waals surface area (Å²) in [5, 5.41) is 20.4. The first kappa shape index (κ1) is 23.8.